The van der Waals surface area contributed by atoms with E-state index in [-0.39, 0.29) is 35.7 Å². The highest BCUT2D eigenvalue weighted by Crippen LogP contribution is 2.45. The molecule has 6 heterocycles. The number of fused-ring (bicyclic) bond motifs is 3. The highest BCUT2D eigenvalue weighted by atomic mass is 32.1. The largest absolute Gasteiger partial charge is 0.453 e. The molecule has 0 bridgehead atoms. The van der Waals surface area contributed by atoms with Crippen molar-refractivity contribution in [2.45, 2.75) is 77.5 Å². The molecule has 58 heavy (non-hydrogen) atoms. The van der Waals surface area contributed by atoms with Gasteiger partial charge in [0.25, 0.3) is 0 Å². The van der Waals surface area contributed by atoms with Crippen molar-refractivity contribution < 1.29 is 28.7 Å². The van der Waals surface area contributed by atoms with Crippen LogP contribution in [0.5, 0.6) is 0 Å². The summed E-state index contributed by atoms with van der Waals surface area (Å²) < 4.78 is 12.0. The second-order valence-corrected chi connectivity index (χ2v) is 17.5. The third-order valence-corrected chi connectivity index (χ3v) is 13.5. The number of amides is 4. The van der Waals surface area contributed by atoms with E-state index in [1.54, 1.807) is 22.7 Å². The Morgan fingerprint density at radius 2 is 1.10 bits per heavy atom. The van der Waals surface area contributed by atoms with E-state index in [0.29, 0.717) is 13.1 Å². The molecule has 6 aromatic rings. The zero-order valence-electron chi connectivity index (χ0n) is 33.4. The number of aromatic amines is 2. The lowest BCUT2D eigenvalue weighted by atomic mass is 10.0. The summed E-state index contributed by atoms with van der Waals surface area (Å²) in [5, 5.41) is 9.85. The number of nitrogens with one attached hydrogen (secondary N) is 4. The molecule has 4 amide bonds. The minimum Gasteiger partial charge on any atom is -0.453 e. The summed E-state index contributed by atoms with van der Waals surface area (Å²) in [6, 6.07) is 10.7. The van der Waals surface area contributed by atoms with Gasteiger partial charge in [-0.15, -0.1) is 22.7 Å². The maximum Gasteiger partial charge on any atom is 0.407 e. The molecule has 2 fully saturated rings. The van der Waals surface area contributed by atoms with E-state index in [1.165, 1.54) is 23.6 Å². The van der Waals surface area contributed by atoms with Gasteiger partial charge in [0.15, 0.2) is 0 Å². The van der Waals surface area contributed by atoms with Crippen LogP contribution in [0, 0.1) is 11.8 Å². The van der Waals surface area contributed by atoms with Crippen LogP contribution >= 0.6 is 22.7 Å². The van der Waals surface area contributed by atoms with E-state index in [9.17, 15) is 19.2 Å². The lowest BCUT2D eigenvalue weighted by Gasteiger charge is -2.29. The fraction of sp³-hybridized carbons (Fsp3) is 0.429. The molecular formula is C42H48N8O6S2. The van der Waals surface area contributed by atoms with Gasteiger partial charge in [0, 0.05) is 35.0 Å². The molecule has 16 heteroatoms. The lowest BCUT2D eigenvalue weighted by Crippen LogP contribution is -2.51. The van der Waals surface area contributed by atoms with Crippen LogP contribution in [-0.2, 0) is 19.1 Å². The number of H-pyrrole nitrogens is 2. The normalized spacial score (nSPS) is 18.1. The van der Waals surface area contributed by atoms with Gasteiger partial charge in [0.2, 0.25) is 11.8 Å². The Bertz CT molecular complexity index is 2350. The van der Waals surface area contributed by atoms with Crippen LogP contribution in [0.3, 0.4) is 0 Å². The maximum atomic E-state index is 13.7. The van der Waals surface area contributed by atoms with E-state index in [2.05, 4.69) is 55.6 Å². The van der Waals surface area contributed by atoms with Crippen LogP contribution in [0.1, 0.15) is 77.1 Å². The Morgan fingerprint density at radius 1 is 0.690 bits per heavy atom. The van der Waals surface area contributed by atoms with Gasteiger partial charge in [-0.05, 0) is 72.9 Å². The molecule has 4 atom stereocenters. The number of nitrogens with zero attached hydrogens (tertiary/aromatic N) is 4. The Morgan fingerprint density at radius 3 is 1.48 bits per heavy atom. The third kappa shape index (κ3) is 7.27. The first kappa shape index (κ1) is 39.4. The highest BCUT2D eigenvalue weighted by molar-refractivity contribution is 7.27. The molecular weight excluding hydrogens is 777 g/mol. The molecule has 4 N–H and O–H groups in total. The summed E-state index contributed by atoms with van der Waals surface area (Å²) >= 11 is 3.44. The Balaban J connectivity index is 1.02. The molecule has 14 nitrogen and oxygen atoms in total. The van der Waals surface area contributed by atoms with Gasteiger partial charge >= 0.3 is 12.2 Å². The molecule has 0 radical (unpaired) electrons. The number of likely N-dealkylation sites (tertiary alicyclic amines) is 2. The minimum absolute atomic E-state index is 0.109. The predicted molar refractivity (Wildman–Crippen MR) is 226 cm³/mol. The van der Waals surface area contributed by atoms with E-state index in [0.717, 1.165) is 81.7 Å². The van der Waals surface area contributed by atoms with Crippen molar-refractivity contribution in [2.75, 3.05) is 27.3 Å². The number of carbonyl (C=O) groups excluding carboxylic acids is 4. The number of rotatable bonds is 10. The third-order valence-electron chi connectivity index (χ3n) is 11.4. The van der Waals surface area contributed by atoms with E-state index < -0.39 is 24.3 Å². The maximum absolute atomic E-state index is 13.7. The summed E-state index contributed by atoms with van der Waals surface area (Å²) in [7, 11) is 2.59. The fourth-order valence-corrected chi connectivity index (χ4v) is 10.8. The van der Waals surface area contributed by atoms with Gasteiger partial charge in [-0.1, -0.05) is 39.8 Å². The number of hydrogen-bond donors (Lipinski definition) is 4. The first-order chi connectivity index (χ1) is 27.9. The number of ether oxygens (including phenoxy) is 2. The summed E-state index contributed by atoms with van der Waals surface area (Å²) in [5.74, 6) is 0.997. The number of thiophene rings is 2. The van der Waals surface area contributed by atoms with Gasteiger partial charge in [-0.2, -0.15) is 0 Å². The molecule has 0 spiro atoms. The molecule has 8 rings (SSSR count). The first-order valence-corrected chi connectivity index (χ1v) is 21.5. The second kappa shape index (κ2) is 16.0. The molecule has 2 aliphatic rings. The number of carbonyl (C=O) groups is 4. The summed E-state index contributed by atoms with van der Waals surface area (Å²) in [4.78, 5) is 72.0. The van der Waals surface area contributed by atoms with Crippen molar-refractivity contribution in [1.29, 1.82) is 0 Å². The van der Waals surface area contributed by atoms with Gasteiger partial charge in [0.1, 0.15) is 23.7 Å². The summed E-state index contributed by atoms with van der Waals surface area (Å²) in [6.07, 6.45) is 2.01. The van der Waals surface area contributed by atoms with Crippen molar-refractivity contribution in [2.24, 2.45) is 11.8 Å². The Hall–Kier alpha value is -5.48. The van der Waals surface area contributed by atoms with Crippen LogP contribution < -0.4 is 10.6 Å². The Labute approximate surface area is 343 Å². The zero-order valence-corrected chi connectivity index (χ0v) is 35.0. The quantitative estimate of drug-likeness (QED) is 0.107. The molecule has 2 saturated heterocycles. The molecule has 0 aliphatic carbocycles. The van der Waals surface area contributed by atoms with Gasteiger partial charge in [-0.25, -0.2) is 19.6 Å². The van der Waals surface area contributed by atoms with Gasteiger partial charge in [0.05, 0.1) is 57.8 Å². The van der Waals surface area contributed by atoms with Crippen molar-refractivity contribution >= 4 is 78.1 Å². The van der Waals surface area contributed by atoms with Crippen molar-refractivity contribution in [3.63, 3.8) is 0 Å². The predicted octanol–water partition coefficient (Wildman–Crippen LogP) is 8.14. The van der Waals surface area contributed by atoms with E-state index >= 15 is 0 Å². The Kier molecular flexibility index (Phi) is 10.9. The van der Waals surface area contributed by atoms with Crippen LogP contribution in [0.15, 0.2) is 47.2 Å². The highest BCUT2D eigenvalue weighted by Gasteiger charge is 2.39. The monoisotopic (exact) mass is 824 g/mol. The number of methoxy groups -OCH3 is 2. The molecule has 304 valence electrons. The number of alkyl carbamates (subject to hydrolysis) is 2. The number of imidazole rings is 2. The van der Waals surface area contributed by atoms with Gasteiger partial charge in [-0.3, -0.25) is 9.59 Å². The minimum atomic E-state index is -0.693. The molecule has 0 saturated carbocycles. The summed E-state index contributed by atoms with van der Waals surface area (Å²) in [6.45, 7) is 8.82. The molecule has 2 aromatic carbocycles. The molecule has 4 unspecified atom stereocenters. The average Bonchev–Trinajstić information content (AvgIpc) is 4.07. The second-order valence-electron chi connectivity index (χ2n) is 15.8. The van der Waals surface area contributed by atoms with Crippen LogP contribution in [-0.4, -0.2) is 93.1 Å². The molecule has 4 aromatic heterocycles. The van der Waals surface area contributed by atoms with Crippen LogP contribution in [0.4, 0.5) is 9.59 Å². The zero-order chi connectivity index (χ0) is 40.8. The number of benzene rings is 2. The lowest BCUT2D eigenvalue weighted by molar-refractivity contribution is -0.136. The number of aromatic nitrogens is 4. The van der Waals surface area contributed by atoms with Gasteiger partial charge < -0.3 is 39.9 Å². The van der Waals surface area contributed by atoms with E-state index in [1.807, 2.05) is 49.6 Å². The van der Waals surface area contributed by atoms with Crippen LogP contribution in [0.25, 0.3) is 53.7 Å². The standard InChI is InChI=1S/C42H48N8O6S2/c1-21(2)33(47-41(53)55-5)39(51)49-15-7-9-31(49)37-43-27-13-11-23(17-29(27)45-37)25-19-57-36-26(20-58-35(25)36)24-12-14-28-30(18-24)46-38(44-28)32-10-8-16-50(32)40(52)34(22(3)4)48-42(54)56-6/h11-14,17-22,31-34H,7-10,15-16H2,1-6H3,(H,43,45)(H,44,46)(H,47,53)(H,48,54). The molecule has 2 aliphatic heterocycles. The van der Waals surface area contributed by atoms with Crippen LogP contribution in [0.2, 0.25) is 0 Å². The smallest absolute Gasteiger partial charge is 0.407 e. The SMILES string of the molecule is COC(=O)NC(C(=O)N1CCCC1c1nc2ccc(-c3csc4c(-c5ccc6nc(C7CCCN7C(=O)C(NC(=O)OC)C(C)C)[nH]c6c5)csc34)cc2[nH]1)C(C)C. The van der Waals surface area contributed by atoms with Crippen molar-refractivity contribution in [3.05, 3.63) is 58.8 Å². The summed E-state index contributed by atoms with van der Waals surface area (Å²) in [5.41, 5.74) is 7.93. The number of hydrogen-bond acceptors (Lipinski definition) is 10. The van der Waals surface area contributed by atoms with Crippen molar-refractivity contribution in [1.82, 2.24) is 40.4 Å². The van der Waals surface area contributed by atoms with E-state index in [4.69, 9.17) is 19.4 Å². The topological polar surface area (TPSA) is 175 Å². The fourth-order valence-electron chi connectivity index (χ4n) is 8.31. The average molecular weight is 825 g/mol. The van der Waals surface area contributed by atoms with Crippen molar-refractivity contribution in [3.8, 4) is 22.3 Å². The first-order valence-electron chi connectivity index (χ1n) is 19.7.